The molecule has 4 heteroatoms. The average molecular weight is 414 g/mol. The molecule has 0 saturated heterocycles. The summed E-state index contributed by atoms with van der Waals surface area (Å²) in [5, 5.41) is 9.85. The van der Waals surface area contributed by atoms with Crippen molar-refractivity contribution in [2.45, 2.75) is 19.4 Å². The molecule has 158 valence electrons. The van der Waals surface area contributed by atoms with Crippen LogP contribution in [0.3, 0.4) is 0 Å². The summed E-state index contributed by atoms with van der Waals surface area (Å²) < 4.78 is 5.31. The maximum absolute atomic E-state index is 12.8. The highest BCUT2D eigenvalue weighted by Gasteiger charge is 2.20. The first-order valence-electron chi connectivity index (χ1n) is 10.4. The number of aliphatic hydroxyl groups is 1. The van der Waals surface area contributed by atoms with E-state index in [-0.39, 0.29) is 19.2 Å². The third-order valence-electron chi connectivity index (χ3n) is 4.84. The van der Waals surface area contributed by atoms with Crippen LogP contribution in [0.25, 0.3) is 5.57 Å². The fourth-order valence-corrected chi connectivity index (χ4v) is 3.28. The molecular formula is C27H27NO3. The quantitative estimate of drug-likeness (QED) is 0.400. The Morgan fingerprint density at radius 1 is 0.871 bits per heavy atom. The van der Waals surface area contributed by atoms with Crippen LogP contribution in [0, 0.1) is 0 Å². The Bertz CT molecular complexity index is 971. The van der Waals surface area contributed by atoms with Crippen LogP contribution in [0.2, 0.25) is 0 Å². The van der Waals surface area contributed by atoms with Gasteiger partial charge in [-0.15, -0.1) is 0 Å². The molecule has 3 rings (SSSR count). The van der Waals surface area contributed by atoms with Crippen molar-refractivity contribution in [1.82, 2.24) is 0 Å². The second-order valence-corrected chi connectivity index (χ2v) is 6.97. The van der Waals surface area contributed by atoms with Gasteiger partial charge in [0.2, 0.25) is 0 Å². The van der Waals surface area contributed by atoms with Gasteiger partial charge in [0.1, 0.15) is 0 Å². The van der Waals surface area contributed by atoms with E-state index in [4.69, 9.17) is 9.73 Å². The second kappa shape index (κ2) is 11.6. The number of aliphatic imine (C=N–C) groups is 1. The summed E-state index contributed by atoms with van der Waals surface area (Å²) in [6.07, 6.45) is 2.20. The van der Waals surface area contributed by atoms with E-state index in [1.807, 2.05) is 97.1 Å². The Morgan fingerprint density at radius 2 is 1.35 bits per heavy atom. The minimum atomic E-state index is -0.722. The Kier molecular flexibility index (Phi) is 8.32. The Labute approximate surface area is 183 Å². The first-order chi connectivity index (χ1) is 15.2. The largest absolute Gasteiger partial charge is 0.464 e. The van der Waals surface area contributed by atoms with E-state index in [1.54, 1.807) is 6.92 Å². The normalized spacial score (nSPS) is 12.1. The van der Waals surface area contributed by atoms with E-state index in [2.05, 4.69) is 0 Å². The summed E-state index contributed by atoms with van der Waals surface area (Å²) in [7, 11) is 0. The molecule has 0 aromatic heterocycles. The molecule has 1 N–H and O–H groups in total. The molecule has 1 atom stereocenters. The number of aliphatic hydroxyl groups excluding tert-OH is 1. The zero-order valence-electron chi connectivity index (χ0n) is 17.6. The number of carbonyl (C=O) groups excluding carboxylic acids is 1. The molecule has 1 unspecified atom stereocenters. The Balaban J connectivity index is 2.00. The minimum absolute atomic E-state index is 0.118. The van der Waals surface area contributed by atoms with Gasteiger partial charge in [0.05, 0.1) is 18.9 Å². The fourth-order valence-electron chi connectivity index (χ4n) is 3.28. The van der Waals surface area contributed by atoms with Crippen LogP contribution in [-0.4, -0.2) is 36.0 Å². The number of esters is 1. The summed E-state index contributed by atoms with van der Waals surface area (Å²) in [4.78, 5) is 17.6. The summed E-state index contributed by atoms with van der Waals surface area (Å²) in [6, 6.07) is 28.5. The zero-order valence-corrected chi connectivity index (χ0v) is 17.6. The third-order valence-corrected chi connectivity index (χ3v) is 4.84. The molecule has 0 amide bonds. The summed E-state index contributed by atoms with van der Waals surface area (Å²) >= 11 is 0. The van der Waals surface area contributed by atoms with Crippen molar-refractivity contribution in [2.24, 2.45) is 4.99 Å². The smallest absolute Gasteiger partial charge is 0.331 e. The molecule has 0 saturated carbocycles. The topological polar surface area (TPSA) is 58.9 Å². The summed E-state index contributed by atoms with van der Waals surface area (Å²) in [5.41, 5.74) is 4.27. The third kappa shape index (κ3) is 6.24. The molecule has 0 bridgehead atoms. The van der Waals surface area contributed by atoms with Crippen LogP contribution >= 0.6 is 0 Å². The highest BCUT2D eigenvalue weighted by Crippen LogP contribution is 2.18. The van der Waals surface area contributed by atoms with Crippen molar-refractivity contribution >= 4 is 17.3 Å². The van der Waals surface area contributed by atoms with Gasteiger partial charge in [0.25, 0.3) is 0 Å². The van der Waals surface area contributed by atoms with Crippen molar-refractivity contribution in [3.63, 3.8) is 0 Å². The van der Waals surface area contributed by atoms with Gasteiger partial charge in [-0.25, -0.2) is 4.79 Å². The van der Waals surface area contributed by atoms with Crippen LogP contribution in [0.4, 0.5) is 0 Å². The van der Waals surface area contributed by atoms with Gasteiger partial charge in [0.15, 0.2) is 6.04 Å². The van der Waals surface area contributed by atoms with E-state index in [0.29, 0.717) is 6.42 Å². The van der Waals surface area contributed by atoms with E-state index in [9.17, 15) is 9.90 Å². The lowest BCUT2D eigenvalue weighted by molar-refractivity contribution is -0.144. The lowest BCUT2D eigenvalue weighted by Gasteiger charge is -2.15. The lowest BCUT2D eigenvalue weighted by Crippen LogP contribution is -2.23. The number of hydrogen-bond acceptors (Lipinski definition) is 4. The first kappa shape index (κ1) is 22.2. The molecule has 4 nitrogen and oxygen atoms in total. The van der Waals surface area contributed by atoms with Gasteiger partial charge in [0, 0.05) is 11.1 Å². The minimum Gasteiger partial charge on any atom is -0.464 e. The maximum Gasteiger partial charge on any atom is 0.331 e. The van der Waals surface area contributed by atoms with E-state index < -0.39 is 6.04 Å². The summed E-state index contributed by atoms with van der Waals surface area (Å²) in [6.45, 7) is 1.95. The molecule has 3 aromatic rings. The molecule has 0 aliphatic carbocycles. The molecule has 3 aromatic carbocycles. The van der Waals surface area contributed by atoms with Crippen LogP contribution < -0.4 is 0 Å². The number of carbonyl (C=O) groups is 1. The van der Waals surface area contributed by atoms with Gasteiger partial charge in [-0.05, 0) is 24.5 Å². The Morgan fingerprint density at radius 3 is 1.81 bits per heavy atom. The molecule has 0 radical (unpaired) electrons. The number of benzene rings is 3. The molecule has 31 heavy (non-hydrogen) atoms. The monoisotopic (exact) mass is 413 g/mol. The molecular weight excluding hydrogens is 386 g/mol. The average Bonchev–Trinajstić information content (AvgIpc) is 2.83. The molecule has 0 aliphatic heterocycles. The Hall–Kier alpha value is -3.50. The van der Waals surface area contributed by atoms with Gasteiger partial charge >= 0.3 is 5.97 Å². The maximum atomic E-state index is 12.8. The molecule has 0 aliphatic rings. The van der Waals surface area contributed by atoms with Crippen LogP contribution in [0.5, 0.6) is 0 Å². The SMILES string of the molecule is CCOC(=O)C(C/C=C(\CO)c1ccccc1)N=C(c1ccccc1)c1ccccc1. The van der Waals surface area contributed by atoms with Gasteiger partial charge in [-0.3, -0.25) is 4.99 Å². The van der Waals surface area contributed by atoms with Gasteiger partial charge in [-0.1, -0.05) is 97.1 Å². The first-order valence-corrected chi connectivity index (χ1v) is 10.4. The van der Waals surface area contributed by atoms with Crippen molar-refractivity contribution in [1.29, 1.82) is 0 Å². The molecule has 0 heterocycles. The number of hydrogen-bond donors (Lipinski definition) is 1. The van der Waals surface area contributed by atoms with Crippen molar-refractivity contribution in [2.75, 3.05) is 13.2 Å². The van der Waals surface area contributed by atoms with E-state index >= 15 is 0 Å². The van der Waals surface area contributed by atoms with Gasteiger partial charge < -0.3 is 9.84 Å². The van der Waals surface area contributed by atoms with Crippen molar-refractivity contribution < 1.29 is 14.6 Å². The van der Waals surface area contributed by atoms with E-state index in [1.165, 1.54) is 0 Å². The number of rotatable bonds is 9. The fraction of sp³-hybridized carbons (Fsp3) is 0.185. The number of ether oxygens (including phenoxy) is 1. The molecule has 0 spiro atoms. The van der Waals surface area contributed by atoms with Crippen LogP contribution in [-0.2, 0) is 9.53 Å². The lowest BCUT2D eigenvalue weighted by atomic mass is 10.0. The highest BCUT2D eigenvalue weighted by molar-refractivity contribution is 6.13. The predicted molar refractivity (Wildman–Crippen MR) is 125 cm³/mol. The highest BCUT2D eigenvalue weighted by atomic mass is 16.5. The van der Waals surface area contributed by atoms with Gasteiger partial charge in [-0.2, -0.15) is 0 Å². The standard InChI is InChI=1S/C27H27NO3/c1-2-31-27(30)25(19-18-24(20-29)21-12-6-3-7-13-21)28-26(22-14-8-4-9-15-22)23-16-10-5-11-17-23/h3-18,25,29H,2,19-20H2,1H3/b24-18+. The van der Waals surface area contributed by atoms with Crippen molar-refractivity contribution in [3.8, 4) is 0 Å². The van der Waals surface area contributed by atoms with Crippen molar-refractivity contribution in [3.05, 3.63) is 114 Å². The predicted octanol–water partition coefficient (Wildman–Crippen LogP) is 4.92. The summed E-state index contributed by atoms with van der Waals surface area (Å²) in [5.74, 6) is -0.381. The van der Waals surface area contributed by atoms with Crippen LogP contribution in [0.1, 0.15) is 30.0 Å². The second-order valence-electron chi connectivity index (χ2n) is 6.97. The molecule has 0 fully saturated rings. The van der Waals surface area contributed by atoms with Crippen LogP contribution in [0.15, 0.2) is 102 Å². The van der Waals surface area contributed by atoms with E-state index in [0.717, 1.165) is 28.0 Å². The number of nitrogens with zero attached hydrogens (tertiary/aromatic N) is 1. The zero-order chi connectivity index (χ0) is 21.9.